The van der Waals surface area contributed by atoms with E-state index in [1.807, 2.05) is 0 Å². The van der Waals surface area contributed by atoms with Crippen LogP contribution in [0, 0.1) is 5.82 Å². The number of hydrogen-bond acceptors (Lipinski definition) is 3. The molecule has 5 heteroatoms. The molecule has 1 rings (SSSR count). The minimum absolute atomic E-state index is 0.0349. The normalized spacial score (nSPS) is 14.9. The molecule has 2 unspecified atom stereocenters. The lowest BCUT2D eigenvalue weighted by Crippen LogP contribution is -2.08. The van der Waals surface area contributed by atoms with Crippen LogP contribution in [0.3, 0.4) is 0 Å². The maximum Gasteiger partial charge on any atom is 0.129 e. The highest BCUT2D eigenvalue weighted by molar-refractivity contribution is 7.79. The number of halogens is 1. The Morgan fingerprint density at radius 2 is 2.20 bits per heavy atom. The third-order valence-corrected chi connectivity index (χ3v) is 2.65. The van der Waals surface area contributed by atoms with Gasteiger partial charge in [-0.15, -0.1) is 0 Å². The number of hydrogen-bond donors (Lipinski definition) is 0. The van der Waals surface area contributed by atoms with E-state index in [9.17, 15) is 13.2 Å². The topological polar surface area (TPSA) is 49.4 Å². The predicted molar refractivity (Wildman–Crippen MR) is 54.6 cm³/mol. The molecule has 0 radical (unpaired) electrons. The Balaban J connectivity index is 2.74. The highest BCUT2D eigenvalue weighted by Gasteiger charge is 2.13. The highest BCUT2D eigenvalue weighted by atomic mass is 32.2. The second kappa shape index (κ2) is 5.95. The van der Waals surface area contributed by atoms with Gasteiger partial charge in [-0.2, -0.15) is 0 Å². The van der Waals surface area contributed by atoms with Crippen LogP contribution in [0.4, 0.5) is 4.39 Å². The van der Waals surface area contributed by atoms with E-state index in [0.29, 0.717) is 5.56 Å². The molecule has 0 bridgehead atoms. The lowest BCUT2D eigenvalue weighted by molar-refractivity contribution is 0.0973. The van der Waals surface area contributed by atoms with E-state index in [0.717, 1.165) is 0 Å². The van der Waals surface area contributed by atoms with Crippen LogP contribution in [0.25, 0.3) is 0 Å². The fraction of sp³-hybridized carbons (Fsp3) is 0.400. The molecule has 1 aromatic carbocycles. The second-order valence-electron chi connectivity index (χ2n) is 3.04. The molecule has 3 nitrogen and oxygen atoms in total. The minimum atomic E-state index is -2.12. The van der Waals surface area contributed by atoms with E-state index in [1.165, 1.54) is 13.2 Å². The molecule has 0 aliphatic heterocycles. The van der Waals surface area contributed by atoms with Crippen molar-refractivity contribution in [2.24, 2.45) is 0 Å². The van der Waals surface area contributed by atoms with Crippen LogP contribution in [0.15, 0.2) is 24.3 Å². The van der Waals surface area contributed by atoms with E-state index >= 15 is 0 Å². The summed E-state index contributed by atoms with van der Waals surface area (Å²) in [5, 5.41) is 0. The van der Waals surface area contributed by atoms with Gasteiger partial charge in [-0.3, -0.25) is 4.21 Å². The molecule has 84 valence electrons. The van der Waals surface area contributed by atoms with E-state index in [4.69, 9.17) is 4.74 Å². The summed E-state index contributed by atoms with van der Waals surface area (Å²) in [5.74, 6) is -0.409. The van der Waals surface area contributed by atoms with Crippen molar-refractivity contribution < 1.29 is 17.9 Å². The highest BCUT2D eigenvalue weighted by Crippen LogP contribution is 2.23. The first-order valence-electron chi connectivity index (χ1n) is 4.48. The van der Waals surface area contributed by atoms with Crippen LogP contribution in [-0.4, -0.2) is 21.6 Å². The molecule has 0 spiro atoms. The Morgan fingerprint density at radius 1 is 1.53 bits per heavy atom. The third kappa shape index (κ3) is 3.70. The Hall–Kier alpha value is -0.780. The summed E-state index contributed by atoms with van der Waals surface area (Å²) in [4.78, 5) is 0. The lowest BCUT2D eigenvalue weighted by atomic mass is 10.1. The maximum atomic E-state index is 13.3. The molecule has 0 aliphatic rings. The van der Waals surface area contributed by atoms with Gasteiger partial charge >= 0.3 is 0 Å². The first-order chi connectivity index (χ1) is 7.15. The van der Waals surface area contributed by atoms with Gasteiger partial charge in [0, 0.05) is 18.4 Å². The molecule has 0 saturated carbocycles. The van der Waals surface area contributed by atoms with E-state index < -0.39 is 17.2 Å². The molecule has 0 saturated heterocycles. The summed E-state index contributed by atoms with van der Waals surface area (Å²) < 4.78 is 39.1. The molecule has 0 fully saturated rings. The Bertz CT molecular complexity index is 343. The number of rotatable bonds is 5. The van der Waals surface area contributed by atoms with Crippen molar-refractivity contribution in [2.45, 2.75) is 12.5 Å². The van der Waals surface area contributed by atoms with Crippen LogP contribution in [-0.2, 0) is 15.8 Å². The molecule has 15 heavy (non-hydrogen) atoms. The first-order valence-corrected chi connectivity index (χ1v) is 5.72. The number of benzene rings is 1. The van der Waals surface area contributed by atoms with Crippen LogP contribution in [0.1, 0.15) is 18.1 Å². The van der Waals surface area contributed by atoms with Gasteiger partial charge in [0.1, 0.15) is 5.82 Å². The molecule has 2 atom stereocenters. The van der Waals surface area contributed by atoms with Crippen LogP contribution < -0.4 is 0 Å². The quantitative estimate of drug-likeness (QED) is 0.726. The summed E-state index contributed by atoms with van der Waals surface area (Å²) in [7, 11) is 1.44. The minimum Gasteiger partial charge on any atom is -0.772 e. The van der Waals surface area contributed by atoms with Crippen molar-refractivity contribution in [1.29, 1.82) is 0 Å². The van der Waals surface area contributed by atoms with Gasteiger partial charge in [-0.25, -0.2) is 4.39 Å². The zero-order valence-corrected chi connectivity index (χ0v) is 9.13. The SMILES string of the molecule is COC(CCS(=O)[O-])c1ccccc1F. The van der Waals surface area contributed by atoms with Gasteiger partial charge < -0.3 is 9.29 Å². The monoisotopic (exact) mass is 231 g/mol. The standard InChI is InChI=1S/C10H13FO3S/c1-14-10(6-7-15(12)13)8-4-2-3-5-9(8)11/h2-5,10H,6-7H2,1H3,(H,12,13)/p-1. The van der Waals surface area contributed by atoms with Crippen molar-refractivity contribution in [1.82, 2.24) is 0 Å². The molecule has 0 aromatic heterocycles. The fourth-order valence-corrected chi connectivity index (χ4v) is 1.75. The molecular formula is C10H12FO3S-. The van der Waals surface area contributed by atoms with Crippen molar-refractivity contribution in [2.75, 3.05) is 12.9 Å². The lowest BCUT2D eigenvalue weighted by Gasteiger charge is -2.16. The largest absolute Gasteiger partial charge is 0.772 e. The zero-order chi connectivity index (χ0) is 11.3. The number of ether oxygens (including phenoxy) is 1. The average molecular weight is 231 g/mol. The Morgan fingerprint density at radius 3 is 2.73 bits per heavy atom. The molecule has 0 aliphatic carbocycles. The van der Waals surface area contributed by atoms with E-state index in [2.05, 4.69) is 0 Å². The summed E-state index contributed by atoms with van der Waals surface area (Å²) in [6.07, 6.45) is -0.253. The fourth-order valence-electron chi connectivity index (χ4n) is 1.34. The summed E-state index contributed by atoms with van der Waals surface area (Å²) in [5.41, 5.74) is 0.394. The maximum absolute atomic E-state index is 13.3. The van der Waals surface area contributed by atoms with Gasteiger partial charge in [0.15, 0.2) is 0 Å². The van der Waals surface area contributed by atoms with Crippen LogP contribution in [0.2, 0.25) is 0 Å². The zero-order valence-electron chi connectivity index (χ0n) is 8.31. The summed E-state index contributed by atoms with van der Waals surface area (Å²) in [6.45, 7) is 0. The van der Waals surface area contributed by atoms with Gasteiger partial charge in [0.05, 0.1) is 6.10 Å². The molecule has 1 aromatic rings. The summed E-state index contributed by atoms with van der Waals surface area (Å²) >= 11 is -2.12. The van der Waals surface area contributed by atoms with Gasteiger partial charge in [-0.1, -0.05) is 29.3 Å². The van der Waals surface area contributed by atoms with Crippen molar-refractivity contribution in [3.63, 3.8) is 0 Å². The molecule has 0 amide bonds. The predicted octanol–water partition coefficient (Wildman–Crippen LogP) is 1.78. The van der Waals surface area contributed by atoms with Crippen molar-refractivity contribution >= 4 is 11.1 Å². The first kappa shape index (κ1) is 12.3. The van der Waals surface area contributed by atoms with Gasteiger partial charge in [0.2, 0.25) is 0 Å². The smallest absolute Gasteiger partial charge is 0.129 e. The van der Waals surface area contributed by atoms with Crippen molar-refractivity contribution in [3.8, 4) is 0 Å². The van der Waals surface area contributed by atoms with E-state index in [-0.39, 0.29) is 18.0 Å². The second-order valence-corrected chi connectivity index (χ2v) is 4.06. The Kier molecular flexibility index (Phi) is 4.87. The van der Waals surface area contributed by atoms with E-state index in [1.54, 1.807) is 18.2 Å². The Labute approximate surface area is 90.5 Å². The number of methoxy groups -OCH3 is 1. The van der Waals surface area contributed by atoms with Crippen LogP contribution >= 0.6 is 0 Å². The molecule has 0 heterocycles. The molecular weight excluding hydrogens is 219 g/mol. The average Bonchev–Trinajstić information content (AvgIpc) is 2.21. The molecule has 0 N–H and O–H groups in total. The van der Waals surface area contributed by atoms with Gasteiger partial charge in [0.25, 0.3) is 0 Å². The van der Waals surface area contributed by atoms with Gasteiger partial charge in [-0.05, 0) is 12.5 Å². The van der Waals surface area contributed by atoms with Crippen molar-refractivity contribution in [3.05, 3.63) is 35.6 Å². The van der Waals surface area contributed by atoms with Crippen LogP contribution in [0.5, 0.6) is 0 Å². The summed E-state index contributed by atoms with van der Waals surface area (Å²) in [6, 6.07) is 6.20. The third-order valence-electron chi connectivity index (χ3n) is 2.08.